The van der Waals surface area contributed by atoms with Gasteiger partial charge in [0.2, 0.25) is 0 Å². The van der Waals surface area contributed by atoms with Gasteiger partial charge in [-0.05, 0) is 95.4 Å². The number of aliphatic carboxylic acids is 2. The maximum Gasteiger partial charge on any atom is 0.307 e. The molecule has 0 amide bonds. The lowest BCUT2D eigenvalue weighted by Crippen LogP contribution is -1.99. The minimum atomic E-state index is -0.879. The largest absolute Gasteiger partial charge is 0.481 e. The van der Waals surface area contributed by atoms with E-state index >= 15 is 0 Å². The van der Waals surface area contributed by atoms with Gasteiger partial charge in [0, 0.05) is 48.8 Å². The van der Waals surface area contributed by atoms with Crippen molar-refractivity contribution in [2.24, 2.45) is 0 Å². The molecular weight excluding hydrogens is 665 g/mol. The van der Waals surface area contributed by atoms with Gasteiger partial charge in [-0.1, -0.05) is 24.3 Å². The molecule has 10 heteroatoms. The van der Waals surface area contributed by atoms with Crippen molar-refractivity contribution in [3.8, 4) is 50.1 Å². The number of hydrogen-bond acceptors (Lipinski definition) is 8. The molecule has 0 aliphatic rings. The van der Waals surface area contributed by atoms with Crippen LogP contribution in [0.15, 0.2) is 94.7 Å². The molecule has 0 spiro atoms. The van der Waals surface area contributed by atoms with Crippen molar-refractivity contribution in [3.63, 3.8) is 0 Å². The standard InChI is InChI=1S/C34H26O4S6/c1-39-23-7-3-19(4-8-23)25-11-13-27(41-25)33-21(17-31(35)36)15-29(43-33)30-16-22(18-32(37)38)34(44-30)28-14-12-26(42-28)20-5-9-24(40-2)10-6-20/h3-16H,17-18H2,1-2H3,(H,35,36)(H,37,38). The minimum Gasteiger partial charge on any atom is -0.481 e. The molecule has 0 fully saturated rings. The molecule has 2 aromatic carbocycles. The van der Waals surface area contributed by atoms with E-state index in [2.05, 4.69) is 85.3 Å². The first-order chi connectivity index (χ1) is 21.3. The SMILES string of the molecule is CSc1ccc(-c2ccc(-c3sc(-c4cc(CC(=O)O)c(-c5ccc(-c6ccc(SC)cc6)s5)s4)cc3CC(=O)O)s2)cc1. The molecule has 0 saturated heterocycles. The summed E-state index contributed by atoms with van der Waals surface area (Å²) >= 11 is 9.87. The fraction of sp³-hybridized carbons (Fsp3) is 0.118. The summed E-state index contributed by atoms with van der Waals surface area (Å²) in [6, 6.07) is 29.2. The molecule has 0 saturated carbocycles. The van der Waals surface area contributed by atoms with Crippen LogP contribution >= 0.6 is 68.9 Å². The summed E-state index contributed by atoms with van der Waals surface area (Å²) in [6.45, 7) is 0. The fourth-order valence-electron chi connectivity index (χ4n) is 4.85. The lowest BCUT2D eigenvalue weighted by Gasteiger charge is -2.00. The van der Waals surface area contributed by atoms with Crippen LogP contribution in [-0.2, 0) is 22.4 Å². The Morgan fingerprint density at radius 1 is 0.523 bits per heavy atom. The molecule has 44 heavy (non-hydrogen) atoms. The Morgan fingerprint density at radius 3 is 1.23 bits per heavy atom. The van der Waals surface area contributed by atoms with E-state index in [1.54, 1.807) is 68.9 Å². The summed E-state index contributed by atoms with van der Waals surface area (Å²) < 4.78 is 0. The number of hydrogen-bond donors (Lipinski definition) is 2. The molecule has 4 aromatic heterocycles. The van der Waals surface area contributed by atoms with E-state index in [4.69, 9.17) is 0 Å². The van der Waals surface area contributed by atoms with Crippen molar-refractivity contribution < 1.29 is 19.8 Å². The molecule has 0 unspecified atom stereocenters. The zero-order valence-corrected chi connectivity index (χ0v) is 28.6. The normalized spacial score (nSPS) is 11.2. The molecule has 0 aliphatic carbocycles. The third-order valence-electron chi connectivity index (χ3n) is 6.95. The Morgan fingerprint density at radius 2 is 0.886 bits per heavy atom. The predicted octanol–water partition coefficient (Wildman–Crippen LogP) is 11.0. The summed E-state index contributed by atoms with van der Waals surface area (Å²) in [5, 5.41) is 19.4. The number of benzene rings is 2. The van der Waals surface area contributed by atoms with Crippen LogP contribution in [0.2, 0.25) is 0 Å². The third-order valence-corrected chi connectivity index (χ3v) is 13.6. The van der Waals surface area contributed by atoms with Crippen molar-refractivity contribution >= 4 is 80.8 Å². The Hall–Kier alpha value is -3.12. The molecule has 0 aliphatic heterocycles. The zero-order valence-electron chi connectivity index (χ0n) is 23.7. The van der Waals surface area contributed by atoms with E-state index in [0.717, 1.165) is 61.3 Å². The first-order valence-electron chi connectivity index (χ1n) is 13.5. The summed E-state index contributed by atoms with van der Waals surface area (Å²) in [7, 11) is 0. The van der Waals surface area contributed by atoms with Crippen molar-refractivity contribution in [2.75, 3.05) is 12.5 Å². The van der Waals surface area contributed by atoms with E-state index in [-0.39, 0.29) is 12.8 Å². The summed E-state index contributed by atoms with van der Waals surface area (Å²) in [5.41, 5.74) is 3.80. The Kier molecular flexibility index (Phi) is 9.46. The number of carboxylic acid groups (broad SMARTS) is 2. The molecule has 222 valence electrons. The Bertz CT molecular complexity index is 1800. The van der Waals surface area contributed by atoms with Crippen molar-refractivity contribution in [2.45, 2.75) is 22.6 Å². The van der Waals surface area contributed by atoms with Crippen molar-refractivity contribution in [1.29, 1.82) is 0 Å². The third kappa shape index (κ3) is 6.75. The summed E-state index contributed by atoms with van der Waals surface area (Å²) in [4.78, 5) is 34.2. The van der Waals surface area contributed by atoms with Gasteiger partial charge in [0.15, 0.2) is 0 Å². The van der Waals surface area contributed by atoms with Crippen LogP contribution in [-0.4, -0.2) is 34.7 Å². The van der Waals surface area contributed by atoms with Gasteiger partial charge < -0.3 is 10.2 Å². The predicted molar refractivity (Wildman–Crippen MR) is 191 cm³/mol. The van der Waals surface area contributed by atoms with E-state index in [0.29, 0.717) is 0 Å². The topological polar surface area (TPSA) is 74.6 Å². The fourth-order valence-corrected chi connectivity index (χ4v) is 10.4. The average molecular weight is 691 g/mol. The van der Waals surface area contributed by atoms with Crippen molar-refractivity contribution in [3.05, 3.63) is 96.1 Å². The van der Waals surface area contributed by atoms with Crippen LogP contribution < -0.4 is 0 Å². The highest BCUT2D eigenvalue weighted by Gasteiger charge is 2.21. The highest BCUT2D eigenvalue weighted by Crippen LogP contribution is 2.48. The maximum absolute atomic E-state index is 11.8. The van der Waals surface area contributed by atoms with Gasteiger partial charge in [-0.3, -0.25) is 9.59 Å². The number of carbonyl (C=O) groups is 2. The number of rotatable bonds is 11. The molecule has 4 heterocycles. The molecule has 2 N–H and O–H groups in total. The maximum atomic E-state index is 11.8. The smallest absolute Gasteiger partial charge is 0.307 e. The van der Waals surface area contributed by atoms with E-state index in [1.807, 2.05) is 12.1 Å². The van der Waals surface area contributed by atoms with Crippen LogP contribution in [0.25, 0.3) is 50.1 Å². The first kappa shape index (κ1) is 30.9. The first-order valence-corrected chi connectivity index (χ1v) is 19.2. The summed E-state index contributed by atoms with van der Waals surface area (Å²) in [6.07, 6.45) is 3.96. The Labute approximate surface area is 280 Å². The van der Waals surface area contributed by atoms with Gasteiger partial charge in [-0.25, -0.2) is 0 Å². The average Bonchev–Trinajstić information content (AvgIpc) is 3.83. The molecule has 6 aromatic rings. The van der Waals surface area contributed by atoms with Crippen LogP contribution in [0, 0.1) is 0 Å². The van der Waals surface area contributed by atoms with Crippen LogP contribution in [0.4, 0.5) is 0 Å². The van der Waals surface area contributed by atoms with Crippen LogP contribution in [0.5, 0.6) is 0 Å². The second kappa shape index (κ2) is 13.5. The monoisotopic (exact) mass is 690 g/mol. The quantitative estimate of drug-likeness (QED) is 0.132. The van der Waals surface area contributed by atoms with Crippen LogP contribution in [0.3, 0.4) is 0 Å². The van der Waals surface area contributed by atoms with Gasteiger partial charge in [-0.2, -0.15) is 0 Å². The number of carboxylic acids is 2. The van der Waals surface area contributed by atoms with E-state index < -0.39 is 11.9 Å². The molecule has 0 atom stereocenters. The minimum absolute atomic E-state index is 0.0781. The second-order valence-electron chi connectivity index (χ2n) is 9.86. The highest BCUT2D eigenvalue weighted by atomic mass is 32.2. The Balaban J connectivity index is 1.36. The van der Waals surface area contributed by atoms with Gasteiger partial charge in [0.1, 0.15) is 0 Å². The number of thiophene rings is 4. The summed E-state index contributed by atoms with van der Waals surface area (Å²) in [5.74, 6) is -1.76. The molecular formula is C34H26O4S6. The molecule has 4 nitrogen and oxygen atoms in total. The number of thioether (sulfide) groups is 2. The van der Waals surface area contributed by atoms with Gasteiger partial charge >= 0.3 is 11.9 Å². The van der Waals surface area contributed by atoms with E-state index in [1.165, 1.54) is 9.79 Å². The molecule has 6 rings (SSSR count). The van der Waals surface area contributed by atoms with Gasteiger partial charge in [0.25, 0.3) is 0 Å². The van der Waals surface area contributed by atoms with Gasteiger partial charge in [-0.15, -0.1) is 68.9 Å². The lowest BCUT2D eigenvalue weighted by atomic mass is 10.1. The molecule has 0 bridgehead atoms. The molecule has 0 radical (unpaired) electrons. The van der Waals surface area contributed by atoms with Gasteiger partial charge in [0.05, 0.1) is 12.8 Å². The van der Waals surface area contributed by atoms with Crippen LogP contribution in [0.1, 0.15) is 11.1 Å². The highest BCUT2D eigenvalue weighted by molar-refractivity contribution is 7.98. The second-order valence-corrected chi connectivity index (χ2v) is 15.9. The lowest BCUT2D eigenvalue weighted by molar-refractivity contribution is -0.137. The van der Waals surface area contributed by atoms with E-state index in [9.17, 15) is 19.8 Å². The zero-order chi connectivity index (χ0) is 30.8. The van der Waals surface area contributed by atoms with Crippen molar-refractivity contribution in [1.82, 2.24) is 0 Å².